The van der Waals surface area contributed by atoms with Gasteiger partial charge in [0.1, 0.15) is 0 Å². The van der Waals surface area contributed by atoms with Gasteiger partial charge in [-0.05, 0) is 62.7 Å². The maximum Gasteiger partial charge on any atom is 0.0152 e. The van der Waals surface area contributed by atoms with Crippen LogP contribution in [-0.4, -0.2) is 5.54 Å². The molecule has 4 atom stereocenters. The van der Waals surface area contributed by atoms with E-state index in [1.165, 1.54) is 57.8 Å². The van der Waals surface area contributed by atoms with Crippen molar-refractivity contribution in [2.45, 2.75) is 90.5 Å². The Morgan fingerprint density at radius 3 is 2.67 bits per heavy atom. The molecule has 1 heteroatoms. The largest absolute Gasteiger partial charge is 0.325 e. The van der Waals surface area contributed by atoms with Crippen LogP contribution in [0.15, 0.2) is 0 Å². The molecule has 2 rings (SSSR count). The second-order valence-electron chi connectivity index (χ2n) is 7.81. The first-order chi connectivity index (χ1) is 8.45. The Morgan fingerprint density at radius 1 is 1.17 bits per heavy atom. The molecule has 106 valence electrons. The number of hydrogen-bond acceptors (Lipinski definition) is 1. The van der Waals surface area contributed by atoms with Crippen LogP contribution in [-0.2, 0) is 0 Å². The van der Waals surface area contributed by atoms with E-state index < -0.39 is 0 Å². The van der Waals surface area contributed by atoms with Crippen LogP contribution in [0.5, 0.6) is 0 Å². The minimum absolute atomic E-state index is 0.0586. The predicted octanol–water partition coefficient (Wildman–Crippen LogP) is 4.89. The Morgan fingerprint density at radius 2 is 1.94 bits per heavy atom. The molecule has 0 saturated heterocycles. The van der Waals surface area contributed by atoms with Crippen molar-refractivity contribution in [1.82, 2.24) is 0 Å². The third-order valence-corrected chi connectivity index (χ3v) is 6.10. The maximum atomic E-state index is 6.61. The van der Waals surface area contributed by atoms with E-state index in [9.17, 15) is 0 Å². The lowest BCUT2D eigenvalue weighted by atomic mass is 9.69. The van der Waals surface area contributed by atoms with Gasteiger partial charge in [0.15, 0.2) is 0 Å². The molecule has 0 radical (unpaired) electrons. The maximum absolute atomic E-state index is 6.61. The molecule has 0 spiro atoms. The number of rotatable bonds is 2. The van der Waals surface area contributed by atoms with Gasteiger partial charge in [-0.25, -0.2) is 0 Å². The van der Waals surface area contributed by atoms with Crippen LogP contribution < -0.4 is 5.73 Å². The van der Waals surface area contributed by atoms with Crippen molar-refractivity contribution in [1.29, 1.82) is 0 Å². The van der Waals surface area contributed by atoms with Crippen molar-refractivity contribution in [3.63, 3.8) is 0 Å². The second-order valence-corrected chi connectivity index (χ2v) is 7.81. The van der Waals surface area contributed by atoms with E-state index in [1.807, 2.05) is 0 Å². The average molecular weight is 251 g/mol. The first kappa shape index (κ1) is 14.4. The molecular weight excluding hydrogens is 218 g/mol. The van der Waals surface area contributed by atoms with Crippen LogP contribution in [0.4, 0.5) is 0 Å². The zero-order chi connectivity index (χ0) is 13.2. The molecular formula is C17H33N. The van der Waals surface area contributed by atoms with Crippen LogP contribution in [0.2, 0.25) is 0 Å². The van der Waals surface area contributed by atoms with E-state index in [2.05, 4.69) is 20.8 Å². The molecule has 0 heterocycles. The summed E-state index contributed by atoms with van der Waals surface area (Å²) in [6.07, 6.45) is 14.1. The van der Waals surface area contributed by atoms with Gasteiger partial charge in [-0.1, -0.05) is 39.5 Å². The SMILES string of the molecule is CCC(C)(N)C1CC2CCCCCC(C)(CC2)C1. The minimum Gasteiger partial charge on any atom is -0.325 e. The summed E-state index contributed by atoms with van der Waals surface area (Å²) in [6.45, 7) is 7.11. The minimum atomic E-state index is 0.0586. The molecule has 0 aromatic heterocycles. The van der Waals surface area contributed by atoms with E-state index >= 15 is 0 Å². The van der Waals surface area contributed by atoms with E-state index in [-0.39, 0.29) is 5.54 Å². The lowest BCUT2D eigenvalue weighted by Gasteiger charge is -2.39. The van der Waals surface area contributed by atoms with Gasteiger partial charge in [0.05, 0.1) is 0 Å². The van der Waals surface area contributed by atoms with Crippen LogP contribution >= 0.6 is 0 Å². The number of hydrogen-bond donors (Lipinski definition) is 1. The van der Waals surface area contributed by atoms with Crippen molar-refractivity contribution in [3.05, 3.63) is 0 Å². The van der Waals surface area contributed by atoms with Crippen LogP contribution in [0, 0.1) is 17.3 Å². The molecule has 0 aromatic carbocycles. The molecule has 2 saturated carbocycles. The van der Waals surface area contributed by atoms with E-state index in [0.717, 1.165) is 18.3 Å². The fraction of sp³-hybridized carbons (Fsp3) is 1.00. The fourth-order valence-electron chi connectivity index (χ4n) is 4.29. The lowest BCUT2D eigenvalue weighted by molar-refractivity contribution is 0.153. The lowest BCUT2D eigenvalue weighted by Crippen LogP contribution is -2.45. The van der Waals surface area contributed by atoms with Crippen molar-refractivity contribution in [2.75, 3.05) is 0 Å². The van der Waals surface area contributed by atoms with Gasteiger partial charge in [0.25, 0.3) is 0 Å². The first-order valence-corrected chi connectivity index (χ1v) is 8.24. The Balaban J connectivity index is 2.18. The number of fused-ring (bicyclic) bond motifs is 3. The standard InChI is InChI=1S/C17H33N/c1-4-17(3,18)15-12-14-8-6-5-7-10-16(2,13-15)11-9-14/h14-15H,4-13,18H2,1-3H3. The summed E-state index contributed by atoms with van der Waals surface area (Å²) in [5.41, 5.74) is 7.25. The van der Waals surface area contributed by atoms with Crippen LogP contribution in [0.1, 0.15) is 85.0 Å². The summed E-state index contributed by atoms with van der Waals surface area (Å²) < 4.78 is 0. The summed E-state index contributed by atoms with van der Waals surface area (Å²) in [5.74, 6) is 1.71. The molecule has 2 aliphatic carbocycles. The van der Waals surface area contributed by atoms with Crippen molar-refractivity contribution in [3.8, 4) is 0 Å². The quantitative estimate of drug-likeness (QED) is 0.743. The van der Waals surface area contributed by atoms with Crippen molar-refractivity contribution in [2.24, 2.45) is 23.0 Å². The van der Waals surface area contributed by atoms with Gasteiger partial charge in [0, 0.05) is 5.54 Å². The molecule has 2 N–H and O–H groups in total. The highest BCUT2D eigenvalue weighted by Crippen LogP contribution is 2.48. The van der Waals surface area contributed by atoms with Crippen LogP contribution in [0.3, 0.4) is 0 Å². The summed E-state index contributed by atoms with van der Waals surface area (Å²) in [7, 11) is 0. The highest BCUT2D eigenvalue weighted by Gasteiger charge is 2.39. The van der Waals surface area contributed by atoms with E-state index in [0.29, 0.717) is 5.41 Å². The summed E-state index contributed by atoms with van der Waals surface area (Å²) in [5, 5.41) is 0. The molecule has 2 aliphatic rings. The zero-order valence-corrected chi connectivity index (χ0v) is 12.8. The van der Waals surface area contributed by atoms with Gasteiger partial charge in [-0.15, -0.1) is 0 Å². The molecule has 4 unspecified atom stereocenters. The Bertz CT molecular complexity index is 271. The zero-order valence-electron chi connectivity index (χ0n) is 12.8. The molecule has 2 fully saturated rings. The molecule has 18 heavy (non-hydrogen) atoms. The Kier molecular flexibility index (Phi) is 4.41. The van der Waals surface area contributed by atoms with E-state index in [1.54, 1.807) is 0 Å². The Labute approximate surface area is 114 Å². The van der Waals surface area contributed by atoms with Gasteiger partial charge in [-0.3, -0.25) is 0 Å². The monoisotopic (exact) mass is 251 g/mol. The normalized spacial score (nSPS) is 41.3. The summed E-state index contributed by atoms with van der Waals surface area (Å²) in [6, 6.07) is 0. The van der Waals surface area contributed by atoms with Crippen LogP contribution in [0.25, 0.3) is 0 Å². The molecule has 2 bridgehead atoms. The van der Waals surface area contributed by atoms with E-state index in [4.69, 9.17) is 5.73 Å². The summed E-state index contributed by atoms with van der Waals surface area (Å²) >= 11 is 0. The van der Waals surface area contributed by atoms with Gasteiger partial charge in [0.2, 0.25) is 0 Å². The molecule has 0 aromatic rings. The third-order valence-electron chi connectivity index (χ3n) is 6.10. The van der Waals surface area contributed by atoms with Gasteiger partial charge < -0.3 is 5.73 Å². The third kappa shape index (κ3) is 3.29. The highest BCUT2D eigenvalue weighted by molar-refractivity contribution is 4.94. The average Bonchev–Trinajstić information content (AvgIpc) is 2.44. The first-order valence-electron chi connectivity index (χ1n) is 8.24. The van der Waals surface area contributed by atoms with Gasteiger partial charge >= 0.3 is 0 Å². The van der Waals surface area contributed by atoms with Gasteiger partial charge in [-0.2, -0.15) is 0 Å². The second kappa shape index (κ2) is 5.53. The van der Waals surface area contributed by atoms with Crippen molar-refractivity contribution >= 4 is 0 Å². The summed E-state index contributed by atoms with van der Waals surface area (Å²) in [4.78, 5) is 0. The van der Waals surface area contributed by atoms with Crippen molar-refractivity contribution < 1.29 is 0 Å². The predicted molar refractivity (Wildman–Crippen MR) is 79.5 cm³/mol. The Hall–Kier alpha value is -0.0400. The molecule has 0 amide bonds. The highest BCUT2D eigenvalue weighted by atomic mass is 14.7. The molecule has 1 nitrogen and oxygen atoms in total. The topological polar surface area (TPSA) is 26.0 Å². The smallest absolute Gasteiger partial charge is 0.0152 e. The fourth-order valence-corrected chi connectivity index (χ4v) is 4.29. The number of nitrogens with two attached hydrogens (primary N) is 1. The molecule has 0 aliphatic heterocycles.